The third-order valence-corrected chi connectivity index (χ3v) is 4.42. The van der Waals surface area contributed by atoms with E-state index in [2.05, 4.69) is 10.4 Å². The maximum absolute atomic E-state index is 11.0. The van der Waals surface area contributed by atoms with Crippen LogP contribution >= 0.6 is 23.1 Å². The SMILES string of the molecule is Cc1csc(SC2CCC(=O)C2)n1. The Morgan fingerprint density at radius 3 is 3.08 bits per heavy atom. The van der Waals surface area contributed by atoms with Crippen LogP contribution in [0.1, 0.15) is 25.0 Å². The average molecular weight is 213 g/mol. The molecule has 2 nitrogen and oxygen atoms in total. The minimum atomic E-state index is 0.408. The van der Waals surface area contributed by atoms with Crippen molar-refractivity contribution in [1.29, 1.82) is 0 Å². The molecule has 1 heterocycles. The third kappa shape index (κ3) is 2.31. The molecular formula is C9H11NOS2. The number of carbonyl (C=O) groups excluding carboxylic acids is 1. The van der Waals surface area contributed by atoms with E-state index in [9.17, 15) is 4.79 Å². The van der Waals surface area contributed by atoms with Crippen LogP contribution in [0, 0.1) is 6.92 Å². The first-order chi connectivity index (χ1) is 6.24. The standard InChI is InChI=1S/C9H11NOS2/c1-6-5-12-9(10-6)13-8-3-2-7(11)4-8/h5,8H,2-4H2,1H3. The topological polar surface area (TPSA) is 30.0 Å². The highest BCUT2D eigenvalue weighted by molar-refractivity contribution is 8.01. The Morgan fingerprint density at radius 2 is 2.54 bits per heavy atom. The number of hydrogen-bond acceptors (Lipinski definition) is 4. The maximum Gasteiger partial charge on any atom is 0.150 e. The summed E-state index contributed by atoms with van der Waals surface area (Å²) in [5.41, 5.74) is 1.08. The number of aryl methyl sites for hydroxylation is 1. The normalized spacial score (nSPS) is 22.5. The molecule has 1 atom stereocenters. The molecule has 0 radical (unpaired) electrons. The number of thiazole rings is 1. The number of Topliss-reactive ketones (excluding diaryl/α,β-unsaturated/α-hetero) is 1. The third-order valence-electron chi connectivity index (χ3n) is 2.07. The molecule has 13 heavy (non-hydrogen) atoms. The van der Waals surface area contributed by atoms with E-state index in [0.29, 0.717) is 11.0 Å². The quantitative estimate of drug-likeness (QED) is 0.756. The first kappa shape index (κ1) is 9.21. The molecule has 1 aliphatic rings. The fourth-order valence-electron chi connectivity index (χ4n) is 1.41. The van der Waals surface area contributed by atoms with Crippen molar-refractivity contribution in [3.63, 3.8) is 0 Å². The van der Waals surface area contributed by atoms with Crippen molar-refractivity contribution in [3.8, 4) is 0 Å². The number of nitrogens with zero attached hydrogens (tertiary/aromatic N) is 1. The van der Waals surface area contributed by atoms with E-state index in [0.717, 1.165) is 29.3 Å². The number of aromatic nitrogens is 1. The lowest BCUT2D eigenvalue weighted by Gasteiger charge is -2.02. The molecule has 0 aliphatic heterocycles. The lowest BCUT2D eigenvalue weighted by atomic mass is 10.4. The van der Waals surface area contributed by atoms with Crippen molar-refractivity contribution in [2.24, 2.45) is 0 Å². The summed E-state index contributed by atoms with van der Waals surface area (Å²) in [7, 11) is 0. The van der Waals surface area contributed by atoms with Crippen LogP contribution in [0.2, 0.25) is 0 Å². The van der Waals surface area contributed by atoms with Gasteiger partial charge in [-0.05, 0) is 13.3 Å². The average Bonchev–Trinajstić information content (AvgIpc) is 2.62. The van der Waals surface area contributed by atoms with Crippen LogP contribution < -0.4 is 0 Å². The van der Waals surface area contributed by atoms with Gasteiger partial charge in [0.05, 0.1) is 0 Å². The van der Waals surface area contributed by atoms with Crippen LogP contribution in [0.15, 0.2) is 9.72 Å². The molecule has 1 aromatic rings. The molecule has 0 amide bonds. The number of carbonyl (C=O) groups is 1. The monoisotopic (exact) mass is 213 g/mol. The minimum Gasteiger partial charge on any atom is -0.300 e. The highest BCUT2D eigenvalue weighted by Gasteiger charge is 2.23. The van der Waals surface area contributed by atoms with Gasteiger partial charge in [0.15, 0.2) is 0 Å². The Kier molecular flexibility index (Phi) is 2.69. The summed E-state index contributed by atoms with van der Waals surface area (Å²) in [6.07, 6.45) is 2.54. The lowest BCUT2D eigenvalue weighted by molar-refractivity contribution is -0.117. The highest BCUT2D eigenvalue weighted by atomic mass is 32.2. The Morgan fingerprint density at radius 1 is 1.69 bits per heavy atom. The van der Waals surface area contributed by atoms with Crippen molar-refractivity contribution in [3.05, 3.63) is 11.1 Å². The van der Waals surface area contributed by atoms with Gasteiger partial charge in [-0.1, -0.05) is 11.8 Å². The molecule has 70 valence electrons. The first-order valence-electron chi connectivity index (χ1n) is 4.34. The second kappa shape index (κ2) is 3.80. The van der Waals surface area contributed by atoms with Gasteiger partial charge in [0.25, 0.3) is 0 Å². The number of thioether (sulfide) groups is 1. The Labute approximate surface area is 85.8 Å². The van der Waals surface area contributed by atoms with Gasteiger partial charge in [0.2, 0.25) is 0 Å². The van der Waals surface area contributed by atoms with Gasteiger partial charge in [-0.15, -0.1) is 11.3 Å². The summed E-state index contributed by atoms with van der Waals surface area (Å²) < 4.78 is 1.11. The van der Waals surface area contributed by atoms with Crippen molar-refractivity contribution in [2.45, 2.75) is 35.8 Å². The van der Waals surface area contributed by atoms with E-state index in [1.54, 1.807) is 23.1 Å². The summed E-state index contributed by atoms with van der Waals surface area (Å²) in [6, 6.07) is 0. The first-order valence-corrected chi connectivity index (χ1v) is 6.10. The van der Waals surface area contributed by atoms with E-state index >= 15 is 0 Å². The van der Waals surface area contributed by atoms with Crippen molar-refractivity contribution >= 4 is 28.9 Å². The van der Waals surface area contributed by atoms with Gasteiger partial charge < -0.3 is 0 Å². The van der Waals surface area contributed by atoms with Gasteiger partial charge in [-0.25, -0.2) is 4.98 Å². The predicted molar refractivity (Wildman–Crippen MR) is 55.4 cm³/mol. The van der Waals surface area contributed by atoms with Crippen molar-refractivity contribution in [1.82, 2.24) is 4.98 Å². The van der Waals surface area contributed by atoms with Crippen molar-refractivity contribution in [2.75, 3.05) is 0 Å². The Hall–Kier alpha value is -0.350. The molecule has 1 fully saturated rings. The van der Waals surface area contributed by atoms with Gasteiger partial charge in [0.1, 0.15) is 10.1 Å². The molecule has 1 unspecified atom stereocenters. The largest absolute Gasteiger partial charge is 0.300 e. The lowest BCUT2D eigenvalue weighted by Crippen LogP contribution is -1.95. The smallest absolute Gasteiger partial charge is 0.150 e. The fourth-order valence-corrected chi connectivity index (χ4v) is 3.69. The van der Waals surface area contributed by atoms with Gasteiger partial charge >= 0.3 is 0 Å². The summed E-state index contributed by atoms with van der Waals surface area (Å²) in [6.45, 7) is 2.00. The van der Waals surface area contributed by atoms with E-state index in [-0.39, 0.29) is 0 Å². The van der Waals surface area contributed by atoms with Crippen LogP contribution in [-0.4, -0.2) is 16.0 Å². The molecule has 1 saturated carbocycles. The maximum atomic E-state index is 11.0. The number of rotatable bonds is 2. The van der Waals surface area contributed by atoms with Gasteiger partial charge in [0, 0.05) is 29.2 Å². The fraction of sp³-hybridized carbons (Fsp3) is 0.556. The predicted octanol–water partition coefficient (Wildman–Crippen LogP) is 2.67. The molecule has 0 spiro atoms. The van der Waals surface area contributed by atoms with E-state index in [1.165, 1.54) is 0 Å². The van der Waals surface area contributed by atoms with Gasteiger partial charge in [-0.3, -0.25) is 4.79 Å². The molecule has 0 saturated heterocycles. The molecule has 0 aromatic carbocycles. The van der Waals surface area contributed by atoms with Crippen LogP contribution in [0.25, 0.3) is 0 Å². The molecule has 2 rings (SSSR count). The molecule has 1 aromatic heterocycles. The van der Waals surface area contributed by atoms with Crippen LogP contribution in [-0.2, 0) is 4.79 Å². The molecular weight excluding hydrogens is 202 g/mol. The van der Waals surface area contributed by atoms with E-state index in [1.807, 2.05) is 6.92 Å². The Balaban J connectivity index is 1.95. The summed E-state index contributed by atoms with van der Waals surface area (Å²) in [5, 5.41) is 2.54. The van der Waals surface area contributed by atoms with E-state index < -0.39 is 0 Å². The zero-order valence-electron chi connectivity index (χ0n) is 7.45. The summed E-state index contributed by atoms with van der Waals surface area (Å²) >= 11 is 3.44. The minimum absolute atomic E-state index is 0.408. The summed E-state index contributed by atoms with van der Waals surface area (Å²) in [5.74, 6) is 0.408. The molecule has 1 aliphatic carbocycles. The van der Waals surface area contributed by atoms with Gasteiger partial charge in [-0.2, -0.15) is 0 Å². The van der Waals surface area contributed by atoms with Crippen LogP contribution in [0.3, 0.4) is 0 Å². The Bertz CT molecular complexity index is 321. The highest BCUT2D eigenvalue weighted by Crippen LogP contribution is 2.34. The second-order valence-corrected chi connectivity index (χ2v) is 5.68. The molecule has 0 bridgehead atoms. The van der Waals surface area contributed by atoms with Crippen molar-refractivity contribution < 1.29 is 4.79 Å². The summed E-state index contributed by atoms with van der Waals surface area (Å²) in [4.78, 5) is 15.4. The molecule has 0 N–H and O–H groups in total. The molecule has 4 heteroatoms. The van der Waals surface area contributed by atoms with E-state index in [4.69, 9.17) is 0 Å². The number of ketones is 1. The zero-order valence-corrected chi connectivity index (χ0v) is 9.08. The zero-order chi connectivity index (χ0) is 9.26. The number of hydrogen-bond donors (Lipinski definition) is 0. The second-order valence-electron chi connectivity index (χ2n) is 3.28. The van der Waals surface area contributed by atoms with Crippen LogP contribution in [0.5, 0.6) is 0 Å². The van der Waals surface area contributed by atoms with Crippen LogP contribution in [0.4, 0.5) is 0 Å².